The van der Waals surface area contributed by atoms with Crippen LogP contribution in [-0.2, 0) is 9.53 Å². The van der Waals surface area contributed by atoms with Crippen molar-refractivity contribution in [2.75, 3.05) is 38.7 Å². The van der Waals surface area contributed by atoms with E-state index in [2.05, 4.69) is 37.9 Å². The summed E-state index contributed by atoms with van der Waals surface area (Å²) in [5, 5.41) is 3.05. The van der Waals surface area contributed by atoms with Crippen molar-refractivity contribution in [2.45, 2.75) is 65.4 Å². The fraction of sp³-hybridized carbons (Fsp3) is 0.708. The smallest absolute Gasteiger partial charge is 0.256 e. The van der Waals surface area contributed by atoms with Crippen LogP contribution in [0.25, 0.3) is 0 Å². The molecule has 1 aliphatic heterocycles. The number of methoxy groups -OCH3 is 1. The SMILES string of the molecule is COC(CC(C)C)(CC(C)C)C(=O)Nc1ccc(OCCN2CCCCC2)cc1. The molecule has 0 saturated carbocycles. The van der Waals surface area contributed by atoms with Crippen LogP contribution in [0.2, 0.25) is 0 Å². The number of nitrogens with one attached hydrogen (secondary N) is 1. The first-order valence-corrected chi connectivity index (χ1v) is 11.2. The molecule has 29 heavy (non-hydrogen) atoms. The molecule has 0 radical (unpaired) electrons. The number of benzene rings is 1. The fourth-order valence-electron chi connectivity index (χ4n) is 4.20. The molecule has 0 unspecified atom stereocenters. The van der Waals surface area contributed by atoms with Crippen molar-refractivity contribution in [3.05, 3.63) is 24.3 Å². The third-order valence-electron chi connectivity index (χ3n) is 5.52. The van der Waals surface area contributed by atoms with Crippen molar-refractivity contribution in [2.24, 2.45) is 11.8 Å². The second-order valence-corrected chi connectivity index (χ2v) is 9.12. The lowest BCUT2D eigenvalue weighted by atomic mass is 9.84. The summed E-state index contributed by atoms with van der Waals surface area (Å²) in [6.45, 7) is 12.5. The summed E-state index contributed by atoms with van der Waals surface area (Å²) in [7, 11) is 1.64. The first-order valence-electron chi connectivity index (χ1n) is 11.2. The largest absolute Gasteiger partial charge is 0.492 e. The highest BCUT2D eigenvalue weighted by molar-refractivity contribution is 5.97. The van der Waals surface area contributed by atoms with Gasteiger partial charge in [0, 0.05) is 19.3 Å². The van der Waals surface area contributed by atoms with E-state index in [-0.39, 0.29) is 5.91 Å². The van der Waals surface area contributed by atoms with Crippen molar-refractivity contribution in [1.82, 2.24) is 4.90 Å². The van der Waals surface area contributed by atoms with Crippen molar-refractivity contribution in [1.29, 1.82) is 0 Å². The van der Waals surface area contributed by atoms with E-state index in [4.69, 9.17) is 9.47 Å². The summed E-state index contributed by atoms with van der Waals surface area (Å²) in [4.78, 5) is 15.6. The number of ether oxygens (including phenoxy) is 2. The lowest BCUT2D eigenvalue weighted by molar-refractivity contribution is -0.142. The Morgan fingerprint density at radius 3 is 2.14 bits per heavy atom. The molecule has 0 aromatic heterocycles. The topological polar surface area (TPSA) is 50.8 Å². The molecule has 1 heterocycles. The van der Waals surface area contributed by atoms with Crippen LogP contribution in [0, 0.1) is 11.8 Å². The van der Waals surface area contributed by atoms with Gasteiger partial charge in [-0.05, 0) is 74.9 Å². The number of likely N-dealkylation sites (tertiary alicyclic amines) is 1. The highest BCUT2D eigenvalue weighted by atomic mass is 16.5. The highest BCUT2D eigenvalue weighted by Crippen LogP contribution is 2.30. The summed E-state index contributed by atoms with van der Waals surface area (Å²) < 4.78 is 11.7. The van der Waals surface area contributed by atoms with Gasteiger partial charge in [-0.25, -0.2) is 0 Å². The zero-order chi connectivity index (χ0) is 21.3. The van der Waals surface area contributed by atoms with E-state index in [1.807, 2.05) is 24.3 Å². The normalized spacial score (nSPS) is 15.7. The monoisotopic (exact) mass is 404 g/mol. The number of hydrogen-bond acceptors (Lipinski definition) is 4. The lowest BCUT2D eigenvalue weighted by Crippen LogP contribution is -2.46. The predicted octanol–water partition coefficient (Wildman–Crippen LogP) is 4.97. The zero-order valence-electron chi connectivity index (χ0n) is 19.0. The average Bonchev–Trinajstić information content (AvgIpc) is 2.68. The number of anilines is 1. The Morgan fingerprint density at radius 2 is 1.62 bits per heavy atom. The predicted molar refractivity (Wildman–Crippen MR) is 120 cm³/mol. The minimum Gasteiger partial charge on any atom is -0.492 e. The Labute approximate surface area is 177 Å². The van der Waals surface area contributed by atoms with Gasteiger partial charge in [-0.3, -0.25) is 9.69 Å². The first-order chi connectivity index (χ1) is 13.8. The van der Waals surface area contributed by atoms with Crippen LogP contribution in [0.1, 0.15) is 59.8 Å². The molecule has 1 fully saturated rings. The van der Waals surface area contributed by atoms with Crippen molar-refractivity contribution < 1.29 is 14.3 Å². The van der Waals surface area contributed by atoms with Gasteiger partial charge in [-0.15, -0.1) is 0 Å². The van der Waals surface area contributed by atoms with Crippen molar-refractivity contribution in [3.63, 3.8) is 0 Å². The quantitative estimate of drug-likeness (QED) is 0.566. The van der Waals surface area contributed by atoms with Crippen LogP contribution in [-0.4, -0.2) is 49.8 Å². The lowest BCUT2D eigenvalue weighted by Gasteiger charge is -2.34. The maximum atomic E-state index is 13.1. The minimum atomic E-state index is -0.800. The molecule has 0 aliphatic carbocycles. The Bertz CT molecular complexity index is 597. The van der Waals surface area contributed by atoms with Crippen LogP contribution < -0.4 is 10.1 Å². The average molecular weight is 405 g/mol. The minimum absolute atomic E-state index is 0.0684. The van der Waals surface area contributed by atoms with Gasteiger partial charge in [0.2, 0.25) is 0 Å². The molecule has 0 spiro atoms. The van der Waals surface area contributed by atoms with Gasteiger partial charge < -0.3 is 14.8 Å². The van der Waals surface area contributed by atoms with Crippen LogP contribution in [0.4, 0.5) is 5.69 Å². The van der Waals surface area contributed by atoms with Crippen LogP contribution >= 0.6 is 0 Å². The second-order valence-electron chi connectivity index (χ2n) is 9.12. The number of carbonyl (C=O) groups is 1. The standard InChI is InChI=1S/C24H40N2O3/c1-19(2)17-24(28-5,18-20(3)4)23(27)25-21-9-11-22(12-10-21)29-16-15-26-13-7-6-8-14-26/h9-12,19-20H,6-8,13-18H2,1-5H3,(H,25,27). The number of carbonyl (C=O) groups excluding carboxylic acids is 1. The molecule has 1 amide bonds. The van der Waals surface area contributed by atoms with Gasteiger partial charge in [0.25, 0.3) is 5.91 Å². The molecule has 0 atom stereocenters. The Hall–Kier alpha value is -1.59. The number of rotatable bonds is 11. The molecular weight excluding hydrogens is 364 g/mol. The van der Waals surface area contributed by atoms with E-state index in [0.29, 0.717) is 31.3 Å². The van der Waals surface area contributed by atoms with Gasteiger partial charge in [-0.2, -0.15) is 0 Å². The molecule has 164 valence electrons. The third-order valence-corrected chi connectivity index (χ3v) is 5.52. The van der Waals surface area contributed by atoms with Crippen LogP contribution in [0.5, 0.6) is 5.75 Å². The van der Waals surface area contributed by atoms with E-state index in [0.717, 1.165) is 18.0 Å². The number of hydrogen-bond donors (Lipinski definition) is 1. The van der Waals surface area contributed by atoms with E-state index < -0.39 is 5.60 Å². The molecule has 5 nitrogen and oxygen atoms in total. The molecule has 1 aromatic carbocycles. The molecule has 2 rings (SSSR count). The van der Waals surface area contributed by atoms with E-state index >= 15 is 0 Å². The number of nitrogens with zero attached hydrogens (tertiary/aromatic N) is 1. The number of piperidine rings is 1. The molecule has 1 N–H and O–H groups in total. The van der Waals surface area contributed by atoms with Gasteiger partial charge in [0.15, 0.2) is 0 Å². The Morgan fingerprint density at radius 1 is 1.03 bits per heavy atom. The molecule has 1 aliphatic rings. The zero-order valence-corrected chi connectivity index (χ0v) is 19.0. The van der Waals surface area contributed by atoms with Crippen LogP contribution in [0.3, 0.4) is 0 Å². The summed E-state index contributed by atoms with van der Waals surface area (Å²) in [5.74, 6) is 1.51. The van der Waals surface area contributed by atoms with E-state index in [1.54, 1.807) is 7.11 Å². The fourth-order valence-corrected chi connectivity index (χ4v) is 4.20. The summed E-state index contributed by atoms with van der Waals surface area (Å²) in [6, 6.07) is 7.65. The molecular formula is C24H40N2O3. The van der Waals surface area contributed by atoms with E-state index in [9.17, 15) is 4.79 Å². The summed E-state index contributed by atoms with van der Waals surface area (Å²) in [5.41, 5.74) is -0.0290. The maximum Gasteiger partial charge on any atom is 0.256 e. The molecule has 1 aromatic rings. The summed E-state index contributed by atoms with van der Waals surface area (Å²) in [6.07, 6.45) is 5.34. The summed E-state index contributed by atoms with van der Waals surface area (Å²) >= 11 is 0. The van der Waals surface area contributed by atoms with Gasteiger partial charge in [0.1, 0.15) is 18.0 Å². The molecule has 0 bridgehead atoms. The maximum absolute atomic E-state index is 13.1. The Balaban J connectivity index is 1.91. The van der Waals surface area contributed by atoms with Gasteiger partial charge >= 0.3 is 0 Å². The first kappa shape index (κ1) is 23.7. The van der Waals surface area contributed by atoms with Gasteiger partial charge in [0.05, 0.1) is 0 Å². The van der Waals surface area contributed by atoms with Gasteiger partial charge in [-0.1, -0.05) is 34.1 Å². The van der Waals surface area contributed by atoms with Crippen LogP contribution in [0.15, 0.2) is 24.3 Å². The Kier molecular flexibility index (Phi) is 9.44. The van der Waals surface area contributed by atoms with E-state index in [1.165, 1.54) is 32.4 Å². The third kappa shape index (κ3) is 7.63. The number of amides is 1. The van der Waals surface area contributed by atoms with Crippen molar-refractivity contribution in [3.8, 4) is 5.75 Å². The molecule has 1 saturated heterocycles. The second kappa shape index (κ2) is 11.6. The highest BCUT2D eigenvalue weighted by Gasteiger charge is 2.39. The molecule has 5 heteroatoms. The van der Waals surface area contributed by atoms with Crippen molar-refractivity contribution >= 4 is 11.6 Å².